The van der Waals surface area contributed by atoms with Gasteiger partial charge in [-0.2, -0.15) is 0 Å². The van der Waals surface area contributed by atoms with Crippen LogP contribution >= 0.6 is 23.4 Å². The number of hydrogen-bond acceptors (Lipinski definition) is 8. The Morgan fingerprint density at radius 3 is 2.41 bits per heavy atom. The van der Waals surface area contributed by atoms with E-state index in [1.54, 1.807) is 36.4 Å². The molecule has 0 aliphatic carbocycles. The number of anilines is 2. The van der Waals surface area contributed by atoms with Gasteiger partial charge in [0.1, 0.15) is 10.6 Å². The molecule has 1 aliphatic rings. The lowest BCUT2D eigenvalue weighted by Crippen LogP contribution is -2.34. The molecule has 1 N–H and O–H groups in total. The SMILES string of the molecule is CCCOC(=O)c1ccccc1N1C(=O)C(Nc2ccc(Cl)cc2C)=C(Sc2nc(C)cc(C)n2)C1=O. The number of imide groups is 1. The first-order chi connectivity index (χ1) is 17.7. The number of benzene rings is 2. The maximum absolute atomic E-state index is 13.8. The van der Waals surface area contributed by atoms with Crippen molar-refractivity contribution in [3.8, 4) is 0 Å². The zero-order valence-corrected chi connectivity index (χ0v) is 22.4. The van der Waals surface area contributed by atoms with E-state index in [0.29, 0.717) is 22.3 Å². The molecule has 0 radical (unpaired) electrons. The molecule has 0 unspecified atom stereocenters. The second-order valence-corrected chi connectivity index (χ2v) is 9.84. The van der Waals surface area contributed by atoms with Crippen molar-refractivity contribution in [3.05, 3.63) is 86.7 Å². The molecule has 37 heavy (non-hydrogen) atoms. The molecular weight excluding hydrogens is 512 g/mol. The predicted molar refractivity (Wildman–Crippen MR) is 144 cm³/mol. The Bertz CT molecular complexity index is 1420. The van der Waals surface area contributed by atoms with Crippen molar-refractivity contribution in [2.45, 2.75) is 39.3 Å². The van der Waals surface area contributed by atoms with Crippen LogP contribution in [0.3, 0.4) is 0 Å². The second kappa shape index (κ2) is 11.1. The normalized spacial score (nSPS) is 13.4. The summed E-state index contributed by atoms with van der Waals surface area (Å²) in [7, 11) is 0. The van der Waals surface area contributed by atoms with Crippen molar-refractivity contribution >= 4 is 52.5 Å². The van der Waals surface area contributed by atoms with Gasteiger partial charge < -0.3 is 10.1 Å². The Hall–Kier alpha value is -3.69. The van der Waals surface area contributed by atoms with E-state index in [1.165, 1.54) is 6.07 Å². The van der Waals surface area contributed by atoms with Crippen LogP contribution < -0.4 is 10.2 Å². The molecule has 1 aliphatic heterocycles. The third-order valence-corrected chi connectivity index (χ3v) is 6.63. The average Bonchev–Trinajstić information content (AvgIpc) is 3.07. The number of rotatable bonds is 8. The molecular formula is C27H25ClN4O4S. The highest BCUT2D eigenvalue weighted by Crippen LogP contribution is 2.38. The number of esters is 1. The monoisotopic (exact) mass is 536 g/mol. The number of aryl methyl sites for hydroxylation is 3. The Morgan fingerprint density at radius 2 is 1.73 bits per heavy atom. The average molecular weight is 537 g/mol. The van der Waals surface area contributed by atoms with E-state index in [4.69, 9.17) is 16.3 Å². The molecule has 10 heteroatoms. The molecule has 1 aromatic heterocycles. The molecule has 2 heterocycles. The molecule has 0 fully saturated rings. The van der Waals surface area contributed by atoms with Gasteiger partial charge in [-0.25, -0.2) is 19.7 Å². The first kappa shape index (κ1) is 26.4. The summed E-state index contributed by atoms with van der Waals surface area (Å²) in [4.78, 5) is 50.2. The summed E-state index contributed by atoms with van der Waals surface area (Å²) in [5.74, 6) is -1.82. The summed E-state index contributed by atoms with van der Waals surface area (Å²) < 4.78 is 5.29. The molecule has 3 aromatic rings. The van der Waals surface area contributed by atoms with Crippen molar-refractivity contribution in [2.24, 2.45) is 0 Å². The van der Waals surface area contributed by atoms with Gasteiger partial charge in [0.05, 0.1) is 17.9 Å². The summed E-state index contributed by atoms with van der Waals surface area (Å²) >= 11 is 7.10. The van der Waals surface area contributed by atoms with Crippen LogP contribution in [0.2, 0.25) is 5.02 Å². The van der Waals surface area contributed by atoms with Crippen LogP contribution in [-0.4, -0.2) is 34.4 Å². The fraction of sp³-hybridized carbons (Fsp3) is 0.222. The van der Waals surface area contributed by atoms with Crippen LogP contribution in [0, 0.1) is 20.8 Å². The minimum absolute atomic E-state index is 0.0555. The Kier molecular flexibility index (Phi) is 7.94. The topological polar surface area (TPSA) is 101 Å². The van der Waals surface area contributed by atoms with Gasteiger partial charge in [-0.15, -0.1) is 0 Å². The number of hydrogen-bond donors (Lipinski definition) is 1. The Balaban J connectivity index is 1.79. The number of thioether (sulfide) groups is 1. The minimum Gasteiger partial charge on any atom is -0.462 e. The summed E-state index contributed by atoms with van der Waals surface area (Å²) in [6.07, 6.45) is 0.641. The molecule has 0 saturated carbocycles. The fourth-order valence-electron chi connectivity index (χ4n) is 3.78. The van der Waals surface area contributed by atoms with Gasteiger partial charge in [0.15, 0.2) is 5.16 Å². The first-order valence-electron chi connectivity index (χ1n) is 11.6. The molecule has 0 atom stereocenters. The van der Waals surface area contributed by atoms with Crippen molar-refractivity contribution in [2.75, 3.05) is 16.8 Å². The van der Waals surface area contributed by atoms with Crippen LogP contribution in [0.25, 0.3) is 0 Å². The molecule has 0 saturated heterocycles. The smallest absolute Gasteiger partial charge is 0.340 e. The van der Waals surface area contributed by atoms with Gasteiger partial charge in [0.2, 0.25) is 0 Å². The Labute approximate surface area is 224 Å². The number of aromatic nitrogens is 2. The fourth-order valence-corrected chi connectivity index (χ4v) is 4.99. The lowest BCUT2D eigenvalue weighted by atomic mass is 10.1. The molecule has 2 aromatic carbocycles. The van der Waals surface area contributed by atoms with E-state index >= 15 is 0 Å². The van der Waals surface area contributed by atoms with Gasteiger partial charge in [0.25, 0.3) is 11.8 Å². The molecule has 2 amide bonds. The minimum atomic E-state index is -0.611. The van der Waals surface area contributed by atoms with Crippen molar-refractivity contribution in [1.29, 1.82) is 0 Å². The largest absolute Gasteiger partial charge is 0.462 e. The summed E-state index contributed by atoms with van der Waals surface area (Å²) in [5.41, 5.74) is 3.18. The number of halogens is 1. The third kappa shape index (κ3) is 5.68. The molecule has 0 spiro atoms. The quantitative estimate of drug-likeness (QED) is 0.225. The van der Waals surface area contributed by atoms with Crippen LogP contribution in [0.1, 0.15) is 40.7 Å². The van der Waals surface area contributed by atoms with Gasteiger partial charge in [-0.05, 0) is 80.9 Å². The highest BCUT2D eigenvalue weighted by Gasteiger charge is 2.42. The Morgan fingerprint density at radius 1 is 1.03 bits per heavy atom. The maximum Gasteiger partial charge on any atom is 0.340 e. The van der Waals surface area contributed by atoms with E-state index in [1.807, 2.05) is 33.8 Å². The molecule has 4 rings (SSSR count). The zero-order chi connectivity index (χ0) is 26.7. The highest BCUT2D eigenvalue weighted by atomic mass is 35.5. The van der Waals surface area contributed by atoms with Gasteiger partial charge in [-0.3, -0.25) is 9.59 Å². The molecule has 8 nitrogen and oxygen atoms in total. The van der Waals surface area contributed by atoms with Crippen LogP contribution in [0.5, 0.6) is 0 Å². The van der Waals surface area contributed by atoms with E-state index in [9.17, 15) is 14.4 Å². The van der Waals surface area contributed by atoms with E-state index < -0.39 is 17.8 Å². The standard InChI is InChI=1S/C27H25ClN4O4S/c1-5-12-36-26(35)19-8-6-7-9-21(19)32-24(33)22(31-20-11-10-18(28)13-15(20)2)23(25(32)34)37-27-29-16(3)14-17(4)30-27/h6-11,13-14,31H,5,12H2,1-4H3. The number of carbonyl (C=O) groups excluding carboxylic acids is 3. The summed E-state index contributed by atoms with van der Waals surface area (Å²) in [6, 6.07) is 13.4. The van der Waals surface area contributed by atoms with Gasteiger partial charge >= 0.3 is 5.97 Å². The number of amides is 2. The van der Waals surface area contributed by atoms with Crippen molar-refractivity contribution in [1.82, 2.24) is 9.97 Å². The van der Waals surface area contributed by atoms with Crippen LogP contribution in [-0.2, 0) is 14.3 Å². The predicted octanol–water partition coefficient (Wildman–Crippen LogP) is 5.61. The van der Waals surface area contributed by atoms with Gasteiger partial charge in [0, 0.05) is 22.1 Å². The third-order valence-electron chi connectivity index (χ3n) is 5.45. The number of nitrogens with zero attached hydrogens (tertiary/aromatic N) is 3. The van der Waals surface area contributed by atoms with E-state index in [-0.39, 0.29) is 28.5 Å². The first-order valence-corrected chi connectivity index (χ1v) is 12.8. The van der Waals surface area contributed by atoms with Crippen LogP contribution in [0.15, 0.2) is 64.3 Å². The zero-order valence-electron chi connectivity index (χ0n) is 20.8. The number of ether oxygens (including phenoxy) is 1. The summed E-state index contributed by atoms with van der Waals surface area (Å²) in [6.45, 7) is 7.60. The van der Waals surface area contributed by atoms with Crippen LogP contribution in [0.4, 0.5) is 11.4 Å². The number of nitrogens with one attached hydrogen (secondary N) is 1. The second-order valence-electron chi connectivity index (χ2n) is 8.42. The molecule has 190 valence electrons. The highest BCUT2D eigenvalue weighted by molar-refractivity contribution is 8.04. The van der Waals surface area contributed by atoms with Crippen molar-refractivity contribution in [3.63, 3.8) is 0 Å². The molecule has 0 bridgehead atoms. The van der Waals surface area contributed by atoms with Crippen molar-refractivity contribution < 1.29 is 19.1 Å². The van der Waals surface area contributed by atoms with E-state index in [2.05, 4.69) is 15.3 Å². The lowest BCUT2D eigenvalue weighted by Gasteiger charge is -2.18. The number of para-hydroxylation sites is 1. The number of carbonyl (C=O) groups is 3. The maximum atomic E-state index is 13.8. The summed E-state index contributed by atoms with van der Waals surface area (Å²) in [5, 5.41) is 3.99. The van der Waals surface area contributed by atoms with Gasteiger partial charge in [-0.1, -0.05) is 30.7 Å². The lowest BCUT2D eigenvalue weighted by molar-refractivity contribution is -0.120. The van der Waals surface area contributed by atoms with E-state index in [0.717, 1.165) is 33.6 Å².